The number of aromatic nitrogens is 2. The molecule has 72 valence electrons. The van der Waals surface area contributed by atoms with Crippen LogP contribution in [0.5, 0.6) is 0 Å². The van der Waals surface area contributed by atoms with E-state index >= 15 is 0 Å². The van der Waals surface area contributed by atoms with E-state index in [4.69, 9.17) is 23.2 Å². The smallest absolute Gasteiger partial charge is 0.145 e. The largest absolute Gasteiger partial charge is 0.231 e. The van der Waals surface area contributed by atoms with Crippen LogP contribution in [0.2, 0.25) is 5.15 Å². The quantitative estimate of drug-likeness (QED) is 0.551. The molecule has 0 radical (unpaired) electrons. The summed E-state index contributed by atoms with van der Waals surface area (Å²) < 4.78 is 0. The molecule has 2 aromatic rings. The lowest BCUT2D eigenvalue weighted by atomic mass is 10.1. The number of rotatable bonds is 1. The van der Waals surface area contributed by atoms with E-state index in [0.717, 1.165) is 16.5 Å². The molecule has 1 heterocycles. The number of nitrogens with zero attached hydrogens (tertiary/aromatic N) is 2. The highest BCUT2D eigenvalue weighted by Gasteiger charge is 2.06. The van der Waals surface area contributed by atoms with Crippen molar-refractivity contribution in [3.8, 4) is 0 Å². The van der Waals surface area contributed by atoms with Gasteiger partial charge in [-0.1, -0.05) is 23.7 Å². The van der Waals surface area contributed by atoms with Crippen LogP contribution in [0, 0.1) is 6.92 Å². The Kier molecular flexibility index (Phi) is 2.57. The van der Waals surface area contributed by atoms with Crippen molar-refractivity contribution in [3.05, 3.63) is 34.7 Å². The van der Waals surface area contributed by atoms with Crippen molar-refractivity contribution in [1.29, 1.82) is 0 Å². The van der Waals surface area contributed by atoms with Gasteiger partial charge in [0.15, 0.2) is 0 Å². The molecule has 0 N–H and O–H groups in total. The van der Waals surface area contributed by atoms with E-state index in [-0.39, 0.29) is 5.88 Å². The SMILES string of the molecule is Cc1cccc2nc(CCl)nc(Cl)c12. The first kappa shape index (κ1) is 9.69. The summed E-state index contributed by atoms with van der Waals surface area (Å²) in [5.74, 6) is 0.846. The summed E-state index contributed by atoms with van der Waals surface area (Å²) >= 11 is 11.7. The Balaban J connectivity index is 2.83. The Labute approximate surface area is 91.9 Å². The molecule has 1 aromatic carbocycles. The van der Waals surface area contributed by atoms with Crippen molar-refractivity contribution in [2.75, 3.05) is 0 Å². The second-order valence-corrected chi connectivity index (χ2v) is 3.66. The second kappa shape index (κ2) is 3.71. The zero-order chi connectivity index (χ0) is 10.1. The monoisotopic (exact) mass is 226 g/mol. The molecule has 4 heteroatoms. The van der Waals surface area contributed by atoms with E-state index < -0.39 is 0 Å². The van der Waals surface area contributed by atoms with Gasteiger partial charge < -0.3 is 0 Å². The van der Waals surface area contributed by atoms with Crippen LogP contribution in [0.15, 0.2) is 18.2 Å². The van der Waals surface area contributed by atoms with E-state index in [0.29, 0.717) is 11.0 Å². The van der Waals surface area contributed by atoms with Crippen LogP contribution in [0.3, 0.4) is 0 Å². The summed E-state index contributed by atoms with van der Waals surface area (Å²) in [5.41, 5.74) is 1.93. The van der Waals surface area contributed by atoms with E-state index in [9.17, 15) is 0 Å². The minimum absolute atomic E-state index is 0.281. The van der Waals surface area contributed by atoms with Gasteiger partial charge in [-0.3, -0.25) is 0 Å². The summed E-state index contributed by atoms with van der Waals surface area (Å²) in [6, 6.07) is 5.84. The maximum Gasteiger partial charge on any atom is 0.145 e. The number of fused-ring (bicyclic) bond motifs is 1. The van der Waals surface area contributed by atoms with Crippen LogP contribution in [0.25, 0.3) is 10.9 Å². The molecule has 1 aromatic heterocycles. The fraction of sp³-hybridized carbons (Fsp3) is 0.200. The molecular weight excluding hydrogens is 219 g/mol. The normalized spacial score (nSPS) is 10.8. The maximum atomic E-state index is 6.04. The van der Waals surface area contributed by atoms with E-state index in [1.165, 1.54) is 0 Å². The predicted molar refractivity (Wildman–Crippen MR) is 58.8 cm³/mol. The van der Waals surface area contributed by atoms with Gasteiger partial charge in [-0.25, -0.2) is 9.97 Å². The topological polar surface area (TPSA) is 25.8 Å². The highest BCUT2D eigenvalue weighted by molar-refractivity contribution is 6.34. The number of hydrogen-bond donors (Lipinski definition) is 0. The third kappa shape index (κ3) is 1.56. The van der Waals surface area contributed by atoms with Crippen LogP contribution in [0.1, 0.15) is 11.4 Å². The molecule has 0 aliphatic carbocycles. The second-order valence-electron chi connectivity index (χ2n) is 3.03. The van der Waals surface area contributed by atoms with E-state index in [2.05, 4.69) is 9.97 Å². The molecule has 0 fully saturated rings. The molecule has 0 atom stereocenters. The fourth-order valence-electron chi connectivity index (χ4n) is 1.41. The van der Waals surface area contributed by atoms with Crippen LogP contribution in [0.4, 0.5) is 0 Å². The third-order valence-electron chi connectivity index (χ3n) is 2.05. The zero-order valence-electron chi connectivity index (χ0n) is 7.59. The summed E-state index contributed by atoms with van der Waals surface area (Å²) in [7, 11) is 0. The molecule has 0 aliphatic rings. The number of alkyl halides is 1. The van der Waals surface area contributed by atoms with Gasteiger partial charge >= 0.3 is 0 Å². The van der Waals surface area contributed by atoms with Crippen LogP contribution >= 0.6 is 23.2 Å². The molecule has 2 rings (SSSR count). The van der Waals surface area contributed by atoms with Crippen molar-refractivity contribution >= 4 is 34.1 Å². The van der Waals surface area contributed by atoms with Crippen molar-refractivity contribution in [2.45, 2.75) is 12.8 Å². The average molecular weight is 227 g/mol. The van der Waals surface area contributed by atoms with Gasteiger partial charge in [0, 0.05) is 5.39 Å². The first-order valence-electron chi connectivity index (χ1n) is 4.20. The van der Waals surface area contributed by atoms with Gasteiger partial charge in [0.1, 0.15) is 11.0 Å². The standard InChI is InChI=1S/C10H8Cl2N2/c1-6-3-2-4-7-9(6)10(12)14-8(5-11)13-7/h2-4H,5H2,1H3. The predicted octanol–water partition coefficient (Wildman–Crippen LogP) is 3.33. The Morgan fingerprint density at radius 1 is 1.29 bits per heavy atom. The van der Waals surface area contributed by atoms with Crippen molar-refractivity contribution in [2.24, 2.45) is 0 Å². The highest BCUT2D eigenvalue weighted by atomic mass is 35.5. The maximum absolute atomic E-state index is 6.04. The Bertz CT molecular complexity index is 483. The zero-order valence-corrected chi connectivity index (χ0v) is 9.10. The van der Waals surface area contributed by atoms with Gasteiger partial charge in [-0.05, 0) is 18.6 Å². The van der Waals surface area contributed by atoms with Crippen LogP contribution in [-0.4, -0.2) is 9.97 Å². The number of benzene rings is 1. The minimum atomic E-state index is 0.281. The molecule has 0 saturated carbocycles. The molecule has 0 spiro atoms. The number of hydrogen-bond acceptors (Lipinski definition) is 2. The third-order valence-corrected chi connectivity index (χ3v) is 2.57. The minimum Gasteiger partial charge on any atom is -0.231 e. The van der Waals surface area contributed by atoms with Crippen molar-refractivity contribution < 1.29 is 0 Å². The van der Waals surface area contributed by atoms with Crippen LogP contribution in [-0.2, 0) is 5.88 Å². The number of halogens is 2. The molecule has 14 heavy (non-hydrogen) atoms. The Hall–Kier alpha value is -0.860. The first-order chi connectivity index (χ1) is 6.72. The van der Waals surface area contributed by atoms with Gasteiger partial charge in [0.25, 0.3) is 0 Å². The van der Waals surface area contributed by atoms with E-state index in [1.54, 1.807) is 0 Å². The van der Waals surface area contributed by atoms with Crippen LogP contribution < -0.4 is 0 Å². The molecule has 0 aliphatic heterocycles. The molecule has 0 saturated heterocycles. The van der Waals surface area contributed by atoms with Crippen molar-refractivity contribution in [1.82, 2.24) is 9.97 Å². The summed E-state index contributed by atoms with van der Waals surface area (Å²) in [4.78, 5) is 8.39. The van der Waals surface area contributed by atoms with Crippen molar-refractivity contribution in [3.63, 3.8) is 0 Å². The highest BCUT2D eigenvalue weighted by Crippen LogP contribution is 2.23. The Morgan fingerprint density at radius 2 is 2.07 bits per heavy atom. The molecule has 0 unspecified atom stereocenters. The van der Waals surface area contributed by atoms with Gasteiger partial charge in [0.05, 0.1) is 11.4 Å². The lowest BCUT2D eigenvalue weighted by Crippen LogP contribution is -1.94. The first-order valence-corrected chi connectivity index (χ1v) is 5.11. The molecule has 0 amide bonds. The summed E-state index contributed by atoms with van der Waals surface area (Å²) in [6.45, 7) is 1.98. The fourth-order valence-corrected chi connectivity index (χ4v) is 1.87. The lowest BCUT2D eigenvalue weighted by Gasteiger charge is -2.04. The molecular formula is C10H8Cl2N2. The number of aryl methyl sites for hydroxylation is 1. The lowest BCUT2D eigenvalue weighted by molar-refractivity contribution is 1.06. The van der Waals surface area contributed by atoms with Gasteiger partial charge in [0.2, 0.25) is 0 Å². The average Bonchev–Trinajstić information content (AvgIpc) is 2.17. The van der Waals surface area contributed by atoms with E-state index in [1.807, 2.05) is 25.1 Å². The Morgan fingerprint density at radius 3 is 2.79 bits per heavy atom. The summed E-state index contributed by atoms with van der Waals surface area (Å²) in [5, 5.41) is 1.38. The summed E-state index contributed by atoms with van der Waals surface area (Å²) in [6.07, 6.45) is 0. The van der Waals surface area contributed by atoms with Gasteiger partial charge in [-0.2, -0.15) is 0 Å². The molecule has 2 nitrogen and oxygen atoms in total. The van der Waals surface area contributed by atoms with Gasteiger partial charge in [-0.15, -0.1) is 11.6 Å². The molecule has 0 bridgehead atoms.